The van der Waals surface area contributed by atoms with Crippen molar-refractivity contribution in [2.45, 2.75) is 26.7 Å². The molecule has 0 amide bonds. The number of hydrogen-bond acceptors (Lipinski definition) is 1. The van der Waals surface area contributed by atoms with E-state index in [-0.39, 0.29) is 5.92 Å². The molecular weight excluding hydrogens is 234 g/mol. The van der Waals surface area contributed by atoms with Gasteiger partial charge < -0.3 is 8.98 Å². The van der Waals surface area contributed by atoms with E-state index in [0.717, 1.165) is 11.5 Å². The Morgan fingerprint density at radius 1 is 1.11 bits per heavy atom. The fourth-order valence-electron chi connectivity index (χ4n) is 2.69. The molecule has 2 nitrogen and oxygen atoms in total. The number of rotatable bonds is 2. The smallest absolute Gasteiger partial charge is 0.113 e. The van der Waals surface area contributed by atoms with Crippen molar-refractivity contribution in [3.63, 3.8) is 0 Å². The van der Waals surface area contributed by atoms with Gasteiger partial charge in [0.05, 0.1) is 5.92 Å². The maximum atomic E-state index is 5.87. The number of fused-ring (bicyclic) bond motifs is 1. The zero-order chi connectivity index (χ0) is 13.6. The molecule has 0 radical (unpaired) electrons. The average Bonchev–Trinajstić information content (AvgIpc) is 2.91. The second kappa shape index (κ2) is 4.30. The molecule has 2 heteroatoms. The van der Waals surface area contributed by atoms with Gasteiger partial charge in [0.1, 0.15) is 11.5 Å². The first kappa shape index (κ1) is 12.1. The lowest BCUT2D eigenvalue weighted by Crippen LogP contribution is -2.01. The van der Waals surface area contributed by atoms with E-state index in [4.69, 9.17) is 4.42 Å². The number of hydrogen-bond donors (Lipinski definition) is 0. The summed E-state index contributed by atoms with van der Waals surface area (Å²) < 4.78 is 8.13. The van der Waals surface area contributed by atoms with Crippen molar-refractivity contribution in [3.05, 3.63) is 59.2 Å². The third-order valence-electron chi connectivity index (χ3n) is 4.04. The van der Waals surface area contributed by atoms with Gasteiger partial charge in [-0.15, -0.1) is 0 Å². The summed E-state index contributed by atoms with van der Waals surface area (Å²) in [4.78, 5) is 0. The van der Waals surface area contributed by atoms with E-state index in [1.165, 1.54) is 22.2 Å². The van der Waals surface area contributed by atoms with Crippen LogP contribution in [0.4, 0.5) is 0 Å². The summed E-state index contributed by atoms with van der Waals surface area (Å²) in [5.74, 6) is 2.33. The fourth-order valence-corrected chi connectivity index (χ4v) is 2.69. The summed E-state index contributed by atoms with van der Waals surface area (Å²) in [7, 11) is 2.12. The Morgan fingerprint density at radius 3 is 2.47 bits per heavy atom. The van der Waals surface area contributed by atoms with Crippen LogP contribution >= 0.6 is 0 Å². The highest BCUT2D eigenvalue weighted by Gasteiger charge is 2.18. The molecular formula is C17H19NO. The monoisotopic (exact) mass is 253 g/mol. The lowest BCUT2D eigenvalue weighted by atomic mass is 10.0. The molecule has 0 saturated carbocycles. The summed E-state index contributed by atoms with van der Waals surface area (Å²) in [5.41, 5.74) is 3.78. The summed E-state index contributed by atoms with van der Waals surface area (Å²) in [5, 5.41) is 1.28. The Kier molecular flexibility index (Phi) is 2.74. The van der Waals surface area contributed by atoms with E-state index >= 15 is 0 Å². The summed E-state index contributed by atoms with van der Waals surface area (Å²) in [6.45, 7) is 6.32. The standard InChI is InChI=1S/C17H19NO/c1-11-9-17(19-13(11)3)12(2)16-10-14-7-5-6-8-15(14)18(16)4/h5-10,12H,1-4H3. The van der Waals surface area contributed by atoms with Crippen molar-refractivity contribution in [1.82, 2.24) is 4.57 Å². The number of benzene rings is 1. The number of aryl methyl sites for hydroxylation is 3. The van der Waals surface area contributed by atoms with Gasteiger partial charge in [-0.3, -0.25) is 0 Å². The second-order valence-electron chi connectivity index (χ2n) is 5.30. The van der Waals surface area contributed by atoms with Crippen LogP contribution in [0.15, 0.2) is 40.8 Å². The van der Waals surface area contributed by atoms with Crippen molar-refractivity contribution >= 4 is 10.9 Å². The first-order valence-corrected chi connectivity index (χ1v) is 6.69. The topological polar surface area (TPSA) is 18.1 Å². The molecule has 0 N–H and O–H groups in total. The van der Waals surface area contributed by atoms with Crippen LogP contribution in [-0.2, 0) is 7.05 Å². The first-order chi connectivity index (χ1) is 9.08. The highest BCUT2D eigenvalue weighted by molar-refractivity contribution is 5.81. The van der Waals surface area contributed by atoms with Crippen LogP contribution in [0.1, 0.15) is 35.6 Å². The third-order valence-corrected chi connectivity index (χ3v) is 4.04. The van der Waals surface area contributed by atoms with Gasteiger partial charge in [-0.1, -0.05) is 18.2 Å². The van der Waals surface area contributed by atoms with Crippen LogP contribution < -0.4 is 0 Å². The minimum atomic E-state index is 0.268. The number of furan rings is 1. The highest BCUT2D eigenvalue weighted by atomic mass is 16.3. The average molecular weight is 253 g/mol. The second-order valence-corrected chi connectivity index (χ2v) is 5.30. The summed E-state index contributed by atoms with van der Waals surface area (Å²) in [6.07, 6.45) is 0. The van der Waals surface area contributed by atoms with Gasteiger partial charge in [-0.25, -0.2) is 0 Å². The van der Waals surface area contributed by atoms with Crippen molar-refractivity contribution in [1.29, 1.82) is 0 Å². The molecule has 1 aromatic carbocycles. The van der Waals surface area contributed by atoms with Gasteiger partial charge in [0.15, 0.2) is 0 Å². The molecule has 0 fully saturated rings. The van der Waals surface area contributed by atoms with Crippen LogP contribution in [-0.4, -0.2) is 4.57 Å². The lowest BCUT2D eigenvalue weighted by molar-refractivity contribution is 0.465. The van der Waals surface area contributed by atoms with Gasteiger partial charge in [-0.2, -0.15) is 0 Å². The maximum absolute atomic E-state index is 5.87. The molecule has 2 heterocycles. The minimum absolute atomic E-state index is 0.268. The predicted molar refractivity (Wildman–Crippen MR) is 78.6 cm³/mol. The molecule has 19 heavy (non-hydrogen) atoms. The van der Waals surface area contributed by atoms with Crippen LogP contribution in [0.3, 0.4) is 0 Å². The molecule has 1 unspecified atom stereocenters. The van der Waals surface area contributed by atoms with Crippen molar-refractivity contribution in [2.24, 2.45) is 7.05 Å². The van der Waals surface area contributed by atoms with Gasteiger partial charge in [-0.05, 0) is 49.9 Å². The number of nitrogens with zero attached hydrogens (tertiary/aromatic N) is 1. The summed E-state index contributed by atoms with van der Waals surface area (Å²) in [6, 6.07) is 12.9. The normalized spacial score (nSPS) is 13.1. The first-order valence-electron chi connectivity index (χ1n) is 6.69. The molecule has 2 aromatic heterocycles. The quantitative estimate of drug-likeness (QED) is 0.655. The SMILES string of the molecule is Cc1cc(C(C)c2cc3ccccc3n2C)oc1C. The Hall–Kier alpha value is -1.96. The zero-order valence-corrected chi connectivity index (χ0v) is 11.9. The molecule has 3 aromatic rings. The molecule has 0 saturated heterocycles. The number of aromatic nitrogens is 1. The van der Waals surface area contributed by atoms with Crippen LogP contribution in [0.25, 0.3) is 10.9 Å². The zero-order valence-electron chi connectivity index (χ0n) is 11.9. The molecule has 0 aliphatic rings. The van der Waals surface area contributed by atoms with E-state index in [9.17, 15) is 0 Å². The van der Waals surface area contributed by atoms with Gasteiger partial charge in [0.2, 0.25) is 0 Å². The van der Waals surface area contributed by atoms with Crippen LogP contribution in [0, 0.1) is 13.8 Å². The molecule has 0 aliphatic heterocycles. The minimum Gasteiger partial charge on any atom is -0.465 e. The van der Waals surface area contributed by atoms with Crippen molar-refractivity contribution in [2.75, 3.05) is 0 Å². The third kappa shape index (κ3) is 1.88. The Labute approximate surface area is 113 Å². The Morgan fingerprint density at radius 2 is 1.84 bits per heavy atom. The van der Waals surface area contributed by atoms with E-state index in [0.29, 0.717) is 0 Å². The van der Waals surface area contributed by atoms with E-state index in [1.54, 1.807) is 0 Å². The molecule has 0 bridgehead atoms. The molecule has 98 valence electrons. The maximum Gasteiger partial charge on any atom is 0.113 e. The van der Waals surface area contributed by atoms with E-state index < -0.39 is 0 Å². The highest BCUT2D eigenvalue weighted by Crippen LogP contribution is 2.31. The van der Waals surface area contributed by atoms with Crippen LogP contribution in [0.2, 0.25) is 0 Å². The predicted octanol–water partition coefficient (Wildman–Crippen LogP) is 4.54. The van der Waals surface area contributed by atoms with Crippen molar-refractivity contribution in [3.8, 4) is 0 Å². The van der Waals surface area contributed by atoms with E-state index in [2.05, 4.69) is 61.9 Å². The Bertz CT molecular complexity index is 713. The van der Waals surface area contributed by atoms with E-state index in [1.807, 2.05) is 6.92 Å². The molecule has 3 rings (SSSR count). The lowest BCUT2D eigenvalue weighted by Gasteiger charge is -2.10. The van der Waals surface area contributed by atoms with Gasteiger partial charge in [0.25, 0.3) is 0 Å². The Balaban J connectivity index is 2.11. The fraction of sp³-hybridized carbons (Fsp3) is 0.294. The van der Waals surface area contributed by atoms with Crippen LogP contribution in [0.5, 0.6) is 0 Å². The van der Waals surface area contributed by atoms with Gasteiger partial charge in [0, 0.05) is 18.3 Å². The molecule has 1 atom stereocenters. The largest absolute Gasteiger partial charge is 0.465 e. The molecule has 0 spiro atoms. The van der Waals surface area contributed by atoms with Gasteiger partial charge >= 0.3 is 0 Å². The summed E-state index contributed by atoms with van der Waals surface area (Å²) >= 11 is 0. The molecule has 0 aliphatic carbocycles. The van der Waals surface area contributed by atoms with Crippen molar-refractivity contribution < 1.29 is 4.42 Å². The number of para-hydroxylation sites is 1.